The Bertz CT molecular complexity index is 2030. The Morgan fingerprint density at radius 1 is 0.824 bits per heavy atom. The van der Waals surface area contributed by atoms with E-state index >= 15 is 0 Å². The van der Waals surface area contributed by atoms with Crippen molar-refractivity contribution in [1.82, 2.24) is 24.9 Å². The second-order valence-electron chi connectivity index (χ2n) is 19.9. The van der Waals surface area contributed by atoms with Gasteiger partial charge in [-0.25, -0.2) is 0 Å². The van der Waals surface area contributed by atoms with E-state index in [-0.39, 0.29) is 84.8 Å². The van der Waals surface area contributed by atoms with Crippen molar-refractivity contribution < 1.29 is 43.0 Å². The van der Waals surface area contributed by atoms with E-state index < -0.39 is 36.1 Å². The third-order valence-corrected chi connectivity index (χ3v) is 14.3. The number of nitrogens with zero attached hydrogens (tertiary/aromatic N) is 5. The molecule has 0 bridgehead atoms. The van der Waals surface area contributed by atoms with E-state index in [2.05, 4.69) is 24.0 Å². The number of carbonyl (C=O) groups is 5. The molecule has 1 N–H and O–H groups in total. The zero-order chi connectivity index (χ0) is 50.1. The number of Topliss-reactive ketones (excluding diaryl/α,β-unsaturated/α-hetero) is 2. The lowest BCUT2D eigenvalue weighted by Gasteiger charge is -2.41. The lowest BCUT2D eigenvalue weighted by Crippen LogP contribution is -2.54. The molecule has 3 aromatic rings. The number of ether oxygens (including phenoxy) is 2. The minimum atomic E-state index is -0.807. The molecule has 376 valence electrons. The van der Waals surface area contributed by atoms with Crippen molar-refractivity contribution in [2.45, 2.75) is 155 Å². The van der Waals surface area contributed by atoms with E-state index in [0.29, 0.717) is 44.1 Å². The fourth-order valence-corrected chi connectivity index (χ4v) is 10.3. The number of likely N-dealkylation sites (N-methyl/N-ethyl adjacent to an activating group) is 2. The van der Waals surface area contributed by atoms with Crippen molar-refractivity contribution in [1.29, 1.82) is 0 Å². The molecular formula is C54H81N5O9. The standard InChI is InChI=1S/C54H81N5O9/c1-12-37(6)50(58(9)54(65)42(35(2)3)33-45(61)49(36(4)5)57(8)29-21-15-20-28-48(63)64)46(66-10)34-47(62)59-30-22-27-43(59)51(67-11)38(7)44(60)32-41(31-39-23-16-13-17-24-39)53-56-55-52(68-53)40-25-18-14-19-26-40/h13-14,16-19,23-26,35-38,41-43,46,49-51H,12,15,20-22,27-34H2,1-11H3,(H,63,64)/t37-,38-,41+,42-,43-,46+,49-,50-,51+/m0/s1. The number of aromatic nitrogens is 2. The molecule has 68 heavy (non-hydrogen) atoms. The topological polar surface area (TPSA) is 173 Å². The third-order valence-electron chi connectivity index (χ3n) is 14.3. The molecule has 1 aromatic heterocycles. The maximum atomic E-state index is 14.7. The van der Waals surface area contributed by atoms with Crippen molar-refractivity contribution in [2.24, 2.45) is 29.6 Å². The summed E-state index contributed by atoms with van der Waals surface area (Å²) in [5.74, 6) is -2.00. The highest BCUT2D eigenvalue weighted by atomic mass is 16.5. The average Bonchev–Trinajstić information content (AvgIpc) is 4.02. The van der Waals surface area contributed by atoms with Gasteiger partial charge in [-0.15, -0.1) is 10.2 Å². The summed E-state index contributed by atoms with van der Waals surface area (Å²) >= 11 is 0. The molecular weight excluding hydrogens is 863 g/mol. The minimum absolute atomic E-state index is 0.00563. The van der Waals surface area contributed by atoms with Gasteiger partial charge < -0.3 is 28.8 Å². The van der Waals surface area contributed by atoms with Crippen molar-refractivity contribution >= 4 is 29.4 Å². The molecule has 9 atom stereocenters. The summed E-state index contributed by atoms with van der Waals surface area (Å²) in [6.07, 6.45) is 3.98. The van der Waals surface area contributed by atoms with Gasteiger partial charge in [0.25, 0.3) is 0 Å². The Hall–Kier alpha value is -4.79. The summed E-state index contributed by atoms with van der Waals surface area (Å²) in [5.41, 5.74) is 1.84. The Morgan fingerprint density at radius 3 is 2.07 bits per heavy atom. The van der Waals surface area contributed by atoms with Crippen LogP contribution in [-0.4, -0.2) is 131 Å². The van der Waals surface area contributed by atoms with Crippen LogP contribution in [0.2, 0.25) is 0 Å². The number of hydrogen-bond donors (Lipinski definition) is 1. The van der Waals surface area contributed by atoms with Crippen LogP contribution in [0.3, 0.4) is 0 Å². The first-order valence-corrected chi connectivity index (χ1v) is 25.0. The lowest BCUT2D eigenvalue weighted by atomic mass is 9.83. The number of carboxylic acids is 1. The Kier molecular flexibility index (Phi) is 22.5. The monoisotopic (exact) mass is 944 g/mol. The minimum Gasteiger partial charge on any atom is -0.481 e. The fraction of sp³-hybridized carbons (Fsp3) is 0.648. The zero-order valence-corrected chi connectivity index (χ0v) is 42.8. The summed E-state index contributed by atoms with van der Waals surface area (Å²) < 4.78 is 18.5. The highest BCUT2D eigenvalue weighted by Crippen LogP contribution is 2.34. The number of rotatable bonds is 30. The van der Waals surface area contributed by atoms with Crippen molar-refractivity contribution in [3.8, 4) is 11.5 Å². The van der Waals surface area contributed by atoms with Gasteiger partial charge in [0.1, 0.15) is 5.78 Å². The second-order valence-corrected chi connectivity index (χ2v) is 19.9. The number of unbranched alkanes of at least 4 members (excludes halogenated alkanes) is 2. The van der Waals surface area contributed by atoms with Crippen molar-refractivity contribution in [2.75, 3.05) is 41.4 Å². The van der Waals surface area contributed by atoms with Gasteiger partial charge in [-0.1, -0.05) is 110 Å². The molecule has 0 aliphatic carbocycles. The molecule has 2 aromatic carbocycles. The molecule has 0 unspecified atom stereocenters. The first-order chi connectivity index (χ1) is 32.4. The molecule has 14 heteroatoms. The normalized spacial score (nSPS) is 17.7. The maximum Gasteiger partial charge on any atom is 0.303 e. The Labute approximate surface area is 405 Å². The molecule has 0 radical (unpaired) electrons. The smallest absolute Gasteiger partial charge is 0.303 e. The number of likely N-dealkylation sites (tertiary alicyclic amines) is 1. The molecule has 0 saturated carbocycles. The van der Waals surface area contributed by atoms with E-state index in [1.165, 1.54) is 0 Å². The molecule has 1 aliphatic rings. The van der Waals surface area contributed by atoms with Crippen LogP contribution in [0.4, 0.5) is 0 Å². The molecule has 1 fully saturated rings. The zero-order valence-electron chi connectivity index (χ0n) is 42.8. The van der Waals surface area contributed by atoms with Gasteiger partial charge in [-0.05, 0) is 81.1 Å². The van der Waals surface area contributed by atoms with Crippen LogP contribution in [0.1, 0.15) is 130 Å². The SMILES string of the molecule is CC[C@H](C)[C@@H]([C@@H](CC(=O)N1CCC[C@H]1[C@H](OC)[C@@H](C)C(=O)C[C@@H](Cc1ccccc1)c1nnc(-c2ccccc2)o1)OC)N(C)C(=O)[C@@H](CC(=O)[C@H](C(C)C)N(C)CCCCCC(=O)O)C(C)C. The molecule has 1 aliphatic heterocycles. The molecule has 2 heterocycles. The first-order valence-electron chi connectivity index (χ1n) is 25.0. The van der Waals surface area contributed by atoms with E-state index in [9.17, 15) is 24.0 Å². The Morgan fingerprint density at radius 2 is 1.49 bits per heavy atom. The van der Waals surface area contributed by atoms with Gasteiger partial charge in [0.15, 0.2) is 5.78 Å². The van der Waals surface area contributed by atoms with Crippen LogP contribution in [0, 0.1) is 29.6 Å². The fourth-order valence-electron chi connectivity index (χ4n) is 10.3. The van der Waals surface area contributed by atoms with E-state index in [1.807, 2.05) is 112 Å². The van der Waals surface area contributed by atoms with Crippen LogP contribution in [0.25, 0.3) is 11.5 Å². The van der Waals surface area contributed by atoms with Gasteiger partial charge >= 0.3 is 5.97 Å². The number of carbonyl (C=O) groups excluding carboxylic acids is 4. The number of ketones is 2. The first kappa shape index (κ1) is 55.8. The van der Waals surface area contributed by atoms with Gasteiger partial charge in [-0.2, -0.15) is 0 Å². The summed E-state index contributed by atoms with van der Waals surface area (Å²) in [4.78, 5) is 74.3. The number of amides is 2. The predicted molar refractivity (Wildman–Crippen MR) is 264 cm³/mol. The third kappa shape index (κ3) is 15.4. The largest absolute Gasteiger partial charge is 0.481 e. The summed E-state index contributed by atoms with van der Waals surface area (Å²) in [6, 6.07) is 18.3. The predicted octanol–water partition coefficient (Wildman–Crippen LogP) is 8.78. The molecule has 0 spiro atoms. The average molecular weight is 944 g/mol. The lowest BCUT2D eigenvalue weighted by molar-refractivity contribution is -0.149. The van der Waals surface area contributed by atoms with Crippen LogP contribution in [0.5, 0.6) is 0 Å². The van der Waals surface area contributed by atoms with Crippen molar-refractivity contribution in [3.63, 3.8) is 0 Å². The molecule has 2 amide bonds. The van der Waals surface area contributed by atoms with Crippen LogP contribution in [-0.2, 0) is 39.9 Å². The van der Waals surface area contributed by atoms with Gasteiger partial charge in [0, 0.05) is 70.4 Å². The number of hydrogen-bond acceptors (Lipinski definition) is 11. The van der Waals surface area contributed by atoms with E-state index in [1.54, 1.807) is 26.2 Å². The number of benzene rings is 2. The molecule has 1 saturated heterocycles. The second kappa shape index (κ2) is 27.4. The number of carboxylic acid groups (broad SMARTS) is 1. The van der Waals surface area contributed by atoms with Crippen LogP contribution >= 0.6 is 0 Å². The van der Waals surface area contributed by atoms with Crippen LogP contribution in [0.15, 0.2) is 65.1 Å². The summed E-state index contributed by atoms with van der Waals surface area (Å²) in [7, 11) is 6.88. The maximum absolute atomic E-state index is 14.7. The van der Waals surface area contributed by atoms with E-state index in [4.69, 9.17) is 19.0 Å². The summed E-state index contributed by atoms with van der Waals surface area (Å²) in [5, 5.41) is 17.8. The molecule has 4 rings (SSSR count). The van der Waals surface area contributed by atoms with E-state index in [0.717, 1.165) is 36.8 Å². The van der Waals surface area contributed by atoms with Gasteiger partial charge in [-0.3, -0.25) is 28.9 Å². The van der Waals surface area contributed by atoms with Gasteiger partial charge in [0.05, 0.1) is 36.8 Å². The Balaban J connectivity index is 1.49. The highest BCUT2D eigenvalue weighted by molar-refractivity contribution is 5.90. The molecule has 14 nitrogen and oxygen atoms in total. The van der Waals surface area contributed by atoms with Crippen LogP contribution < -0.4 is 0 Å². The number of methoxy groups -OCH3 is 2. The van der Waals surface area contributed by atoms with Crippen molar-refractivity contribution in [3.05, 3.63) is 72.1 Å². The number of aliphatic carboxylic acids is 1. The highest BCUT2D eigenvalue weighted by Gasteiger charge is 2.43. The summed E-state index contributed by atoms with van der Waals surface area (Å²) in [6.45, 7) is 15.1. The quantitative estimate of drug-likeness (QED) is 0.0631. The van der Waals surface area contributed by atoms with Gasteiger partial charge in [0.2, 0.25) is 23.6 Å².